The molecule has 28 heavy (non-hydrogen) atoms. The molecule has 0 fully saturated rings. The van der Waals surface area contributed by atoms with Crippen LogP contribution in [0.4, 0.5) is 9.18 Å². The Labute approximate surface area is 163 Å². The predicted octanol–water partition coefficient (Wildman–Crippen LogP) is 3.26. The van der Waals surface area contributed by atoms with Crippen LogP contribution in [-0.2, 0) is 13.1 Å². The Kier molecular flexibility index (Phi) is 6.62. The topological polar surface area (TPSA) is 68.2 Å². The van der Waals surface area contributed by atoms with Crippen molar-refractivity contribution in [2.45, 2.75) is 20.0 Å². The number of urea groups is 1. The third-order valence-corrected chi connectivity index (χ3v) is 4.17. The predicted molar refractivity (Wildman–Crippen MR) is 105 cm³/mol. The highest BCUT2D eigenvalue weighted by Crippen LogP contribution is 2.11. The summed E-state index contributed by atoms with van der Waals surface area (Å²) in [6, 6.07) is 13.7. The van der Waals surface area contributed by atoms with Crippen LogP contribution in [0.2, 0.25) is 0 Å². The number of rotatable bonds is 8. The standard InChI is InChI=1S/C21H23FN4O2/c1-16-23-8-10-26(16)15-18-5-2-4-17(12-18)14-25-21(27)24-9-11-28-20-7-3-6-19(22)13-20/h2-8,10,12-13H,9,11,14-15H2,1H3,(H2,24,25,27). The van der Waals surface area contributed by atoms with Crippen LogP contribution in [0.1, 0.15) is 17.0 Å². The zero-order valence-electron chi connectivity index (χ0n) is 15.7. The summed E-state index contributed by atoms with van der Waals surface area (Å²) in [6.07, 6.45) is 3.72. The fourth-order valence-corrected chi connectivity index (χ4v) is 2.74. The summed E-state index contributed by atoms with van der Waals surface area (Å²) in [7, 11) is 0. The van der Waals surface area contributed by atoms with Crippen molar-refractivity contribution in [2.75, 3.05) is 13.2 Å². The number of benzene rings is 2. The van der Waals surface area contributed by atoms with E-state index in [9.17, 15) is 9.18 Å². The van der Waals surface area contributed by atoms with Crippen LogP contribution in [-0.4, -0.2) is 28.7 Å². The van der Waals surface area contributed by atoms with Gasteiger partial charge in [0, 0.05) is 31.5 Å². The number of carbonyl (C=O) groups is 1. The van der Waals surface area contributed by atoms with Gasteiger partial charge >= 0.3 is 6.03 Å². The summed E-state index contributed by atoms with van der Waals surface area (Å²) >= 11 is 0. The van der Waals surface area contributed by atoms with E-state index in [-0.39, 0.29) is 18.5 Å². The molecule has 0 aliphatic heterocycles. The summed E-state index contributed by atoms with van der Waals surface area (Å²) in [5, 5.41) is 5.53. The molecule has 3 aromatic rings. The van der Waals surface area contributed by atoms with E-state index in [1.165, 1.54) is 12.1 Å². The number of aryl methyl sites for hydroxylation is 1. The van der Waals surface area contributed by atoms with Gasteiger partial charge in [-0.05, 0) is 30.2 Å². The molecule has 2 aromatic carbocycles. The fraction of sp³-hybridized carbons (Fsp3) is 0.238. The highest BCUT2D eigenvalue weighted by molar-refractivity contribution is 5.73. The smallest absolute Gasteiger partial charge is 0.315 e. The Hall–Kier alpha value is -3.35. The largest absolute Gasteiger partial charge is 0.492 e. The Morgan fingerprint density at radius 1 is 1.14 bits per heavy atom. The van der Waals surface area contributed by atoms with Crippen molar-refractivity contribution in [3.05, 3.63) is 83.7 Å². The van der Waals surface area contributed by atoms with Crippen molar-refractivity contribution >= 4 is 6.03 Å². The lowest BCUT2D eigenvalue weighted by Crippen LogP contribution is -2.37. The molecular weight excluding hydrogens is 359 g/mol. The molecule has 0 radical (unpaired) electrons. The van der Waals surface area contributed by atoms with Gasteiger partial charge in [0.05, 0.1) is 6.54 Å². The van der Waals surface area contributed by atoms with Crippen molar-refractivity contribution in [3.63, 3.8) is 0 Å². The lowest BCUT2D eigenvalue weighted by atomic mass is 10.1. The van der Waals surface area contributed by atoms with Gasteiger partial charge in [0.1, 0.15) is 24.0 Å². The lowest BCUT2D eigenvalue weighted by molar-refractivity contribution is 0.236. The minimum absolute atomic E-state index is 0.261. The molecule has 0 aliphatic rings. The summed E-state index contributed by atoms with van der Waals surface area (Å²) < 4.78 is 20.5. The van der Waals surface area contributed by atoms with Gasteiger partial charge in [0.15, 0.2) is 0 Å². The molecule has 2 amide bonds. The van der Waals surface area contributed by atoms with E-state index < -0.39 is 0 Å². The average Bonchev–Trinajstić information content (AvgIpc) is 3.08. The number of hydrogen-bond donors (Lipinski definition) is 2. The molecule has 0 saturated carbocycles. The summed E-state index contributed by atoms with van der Waals surface area (Å²) in [5.74, 6) is 1.05. The second-order valence-corrected chi connectivity index (χ2v) is 6.34. The molecular formula is C21H23FN4O2. The van der Waals surface area contributed by atoms with Crippen LogP contribution in [0.3, 0.4) is 0 Å². The normalized spacial score (nSPS) is 10.5. The maximum atomic E-state index is 13.1. The quantitative estimate of drug-likeness (QED) is 0.588. The first-order valence-corrected chi connectivity index (χ1v) is 9.06. The van der Waals surface area contributed by atoms with E-state index in [0.29, 0.717) is 18.8 Å². The second-order valence-electron chi connectivity index (χ2n) is 6.34. The number of hydrogen-bond acceptors (Lipinski definition) is 3. The summed E-state index contributed by atoms with van der Waals surface area (Å²) in [6.45, 7) is 3.71. The van der Waals surface area contributed by atoms with Crippen LogP contribution in [0.25, 0.3) is 0 Å². The van der Waals surface area contributed by atoms with Gasteiger partial charge in [0.25, 0.3) is 0 Å². The van der Waals surface area contributed by atoms with Crippen molar-refractivity contribution in [1.82, 2.24) is 20.2 Å². The maximum absolute atomic E-state index is 13.1. The van der Waals surface area contributed by atoms with Crippen molar-refractivity contribution in [1.29, 1.82) is 0 Å². The Bertz CT molecular complexity index is 926. The molecule has 0 bridgehead atoms. The van der Waals surface area contributed by atoms with Gasteiger partial charge in [-0.1, -0.05) is 30.3 Å². The fourth-order valence-electron chi connectivity index (χ4n) is 2.74. The number of amides is 2. The monoisotopic (exact) mass is 382 g/mol. The molecule has 0 spiro atoms. The molecule has 2 N–H and O–H groups in total. The minimum Gasteiger partial charge on any atom is -0.492 e. The molecule has 6 nitrogen and oxygen atoms in total. The minimum atomic E-state index is -0.353. The van der Waals surface area contributed by atoms with E-state index >= 15 is 0 Å². The van der Waals surface area contributed by atoms with E-state index in [1.54, 1.807) is 18.3 Å². The highest BCUT2D eigenvalue weighted by atomic mass is 19.1. The van der Waals surface area contributed by atoms with Gasteiger partial charge in [-0.15, -0.1) is 0 Å². The SMILES string of the molecule is Cc1nccn1Cc1cccc(CNC(=O)NCCOc2cccc(F)c2)c1. The molecule has 1 heterocycles. The number of nitrogens with zero attached hydrogens (tertiary/aromatic N) is 2. The van der Waals surface area contributed by atoms with Gasteiger partial charge in [-0.3, -0.25) is 0 Å². The van der Waals surface area contributed by atoms with Crippen LogP contribution < -0.4 is 15.4 Å². The third-order valence-electron chi connectivity index (χ3n) is 4.17. The van der Waals surface area contributed by atoms with E-state index in [2.05, 4.69) is 26.3 Å². The second kappa shape index (κ2) is 9.55. The molecule has 146 valence electrons. The van der Waals surface area contributed by atoms with E-state index in [4.69, 9.17) is 4.74 Å². The molecule has 1 aromatic heterocycles. The summed E-state index contributed by atoms with van der Waals surface area (Å²) in [5.41, 5.74) is 2.16. The van der Waals surface area contributed by atoms with Gasteiger partial charge in [-0.25, -0.2) is 14.2 Å². The van der Waals surface area contributed by atoms with Crippen molar-refractivity contribution < 1.29 is 13.9 Å². The van der Waals surface area contributed by atoms with Crippen molar-refractivity contribution in [2.24, 2.45) is 0 Å². The molecule has 0 unspecified atom stereocenters. The van der Waals surface area contributed by atoms with Crippen LogP contribution in [0.15, 0.2) is 60.9 Å². The van der Waals surface area contributed by atoms with E-state index in [0.717, 1.165) is 23.5 Å². The first-order chi connectivity index (χ1) is 13.6. The van der Waals surface area contributed by atoms with Gasteiger partial charge in [0.2, 0.25) is 0 Å². The zero-order chi connectivity index (χ0) is 19.8. The van der Waals surface area contributed by atoms with Gasteiger partial charge < -0.3 is 19.9 Å². The molecule has 0 saturated heterocycles. The first-order valence-electron chi connectivity index (χ1n) is 9.06. The number of aromatic nitrogens is 2. The lowest BCUT2D eigenvalue weighted by Gasteiger charge is -2.10. The molecule has 3 rings (SSSR count). The van der Waals surface area contributed by atoms with Crippen molar-refractivity contribution in [3.8, 4) is 5.75 Å². The molecule has 7 heteroatoms. The van der Waals surface area contributed by atoms with E-state index in [1.807, 2.05) is 31.3 Å². The first kappa shape index (κ1) is 19.4. The Morgan fingerprint density at radius 2 is 1.96 bits per heavy atom. The molecule has 0 aliphatic carbocycles. The zero-order valence-corrected chi connectivity index (χ0v) is 15.7. The average molecular weight is 382 g/mol. The Balaban J connectivity index is 1.39. The Morgan fingerprint density at radius 3 is 2.75 bits per heavy atom. The van der Waals surface area contributed by atoms with Gasteiger partial charge in [-0.2, -0.15) is 0 Å². The summed E-state index contributed by atoms with van der Waals surface area (Å²) in [4.78, 5) is 16.1. The number of carbonyl (C=O) groups excluding carboxylic acids is 1. The van der Waals surface area contributed by atoms with Crippen LogP contribution in [0, 0.1) is 12.7 Å². The van der Waals surface area contributed by atoms with Crippen LogP contribution in [0.5, 0.6) is 5.75 Å². The maximum Gasteiger partial charge on any atom is 0.315 e. The molecule has 0 atom stereocenters. The number of ether oxygens (including phenoxy) is 1. The van der Waals surface area contributed by atoms with Crippen LogP contribution >= 0.6 is 0 Å². The number of nitrogens with one attached hydrogen (secondary N) is 2. The third kappa shape index (κ3) is 5.84. The number of halogens is 1. The highest BCUT2D eigenvalue weighted by Gasteiger charge is 2.03. The number of imidazole rings is 1.